The smallest absolute Gasteiger partial charge is 0.265 e. The van der Waals surface area contributed by atoms with Crippen LogP contribution in [-0.2, 0) is 13.8 Å². The Bertz CT molecular complexity index is 291. The average molecular weight is 345 g/mol. The van der Waals surface area contributed by atoms with Gasteiger partial charge in [-0.05, 0) is 6.42 Å². The highest BCUT2D eigenvalue weighted by Gasteiger charge is 2.09. The number of unbranched alkanes of at least 4 members (excludes halogenated alkanes) is 2. The maximum Gasteiger partial charge on any atom is 0.265 e. The molecule has 0 rings (SSSR count). The summed E-state index contributed by atoms with van der Waals surface area (Å²) in [5, 5.41) is 17.2. The van der Waals surface area contributed by atoms with Crippen molar-refractivity contribution in [2.75, 3.05) is 54.1 Å². The summed E-state index contributed by atoms with van der Waals surface area (Å²) < 4.78 is 19.9. The Morgan fingerprint density at radius 2 is 1.82 bits per heavy atom. The molecule has 0 aromatic heterocycles. The predicted octanol–water partition coefficient (Wildman–Crippen LogP) is -0.284. The highest BCUT2D eigenvalue weighted by molar-refractivity contribution is 7.44. The third kappa shape index (κ3) is 24.9. The minimum absolute atomic E-state index is 0.0147. The number of aliphatic hydroxyl groups is 2. The fraction of sp³-hybridized carbons (Fsp3) is 1.00. The van der Waals surface area contributed by atoms with E-state index in [1.807, 2.05) is 21.1 Å². The van der Waals surface area contributed by atoms with Crippen LogP contribution in [0.3, 0.4) is 0 Å². The van der Waals surface area contributed by atoms with Gasteiger partial charge in [0.1, 0.15) is 19.3 Å². The molecule has 3 N–H and O–H groups in total. The van der Waals surface area contributed by atoms with E-state index < -0.39 is 13.9 Å². The lowest BCUT2D eigenvalue weighted by atomic mass is 10.3. The zero-order chi connectivity index (χ0) is 17.6. The van der Waals surface area contributed by atoms with Gasteiger partial charge in [-0.3, -0.25) is 4.57 Å². The molecule has 8 nitrogen and oxygen atoms in total. The number of hydrogen-bond donors (Lipinski definition) is 3. The Kier molecular flexibility index (Phi) is 14.7. The zero-order valence-electron chi connectivity index (χ0n) is 14.1. The maximum absolute atomic E-state index is 10.1. The number of phosphoric ester groups is 1. The number of quaternary nitrogens is 1. The molecule has 22 heavy (non-hydrogen) atoms. The van der Waals surface area contributed by atoms with E-state index in [0.29, 0.717) is 17.6 Å². The Morgan fingerprint density at radius 1 is 1.23 bits per heavy atom. The predicted molar refractivity (Wildman–Crippen MR) is 82.1 cm³/mol. The highest BCUT2D eigenvalue weighted by Crippen LogP contribution is 2.29. The van der Waals surface area contributed by atoms with Crippen molar-refractivity contribution in [2.45, 2.75) is 32.3 Å². The van der Waals surface area contributed by atoms with E-state index in [1.165, 1.54) is 6.42 Å². The van der Waals surface area contributed by atoms with Gasteiger partial charge >= 0.3 is 0 Å². The molecule has 0 aliphatic carbocycles. The van der Waals surface area contributed by atoms with E-state index in [1.54, 1.807) is 0 Å². The summed E-state index contributed by atoms with van der Waals surface area (Å²) in [4.78, 5) is 18.3. The number of ether oxygens (including phenoxy) is 1. The largest absolute Gasteiger partial charge is 0.756 e. The highest BCUT2D eigenvalue weighted by atomic mass is 31.2. The lowest BCUT2D eigenvalue weighted by Crippen LogP contribution is -2.37. The SMILES string of the molecule is CCCCCOC[C@@H](O)CO.C[N+](C)(C)CCOP(=O)([O-])O. The van der Waals surface area contributed by atoms with E-state index in [2.05, 4.69) is 11.4 Å². The Morgan fingerprint density at radius 3 is 2.23 bits per heavy atom. The monoisotopic (exact) mass is 345 g/mol. The van der Waals surface area contributed by atoms with Crippen LogP contribution in [0.2, 0.25) is 0 Å². The van der Waals surface area contributed by atoms with Gasteiger partial charge in [0.15, 0.2) is 0 Å². The molecule has 136 valence electrons. The van der Waals surface area contributed by atoms with Crippen LogP contribution in [0.25, 0.3) is 0 Å². The van der Waals surface area contributed by atoms with Crippen LogP contribution in [0.5, 0.6) is 0 Å². The number of aliphatic hydroxyl groups excluding tert-OH is 2. The topological polar surface area (TPSA) is 119 Å². The number of phosphoric acid groups is 1. The molecule has 0 fully saturated rings. The lowest BCUT2D eigenvalue weighted by Gasteiger charge is -2.25. The average Bonchev–Trinajstić information content (AvgIpc) is 2.35. The van der Waals surface area contributed by atoms with Crippen LogP contribution in [0.1, 0.15) is 26.2 Å². The summed E-state index contributed by atoms with van der Waals surface area (Å²) in [7, 11) is 1.19. The molecule has 0 aliphatic heterocycles. The Labute approximate surface area is 133 Å². The summed E-state index contributed by atoms with van der Waals surface area (Å²) in [5.74, 6) is 0. The number of likely N-dealkylation sites (N-methyl/N-ethyl adjacent to an activating group) is 1. The van der Waals surface area contributed by atoms with E-state index in [9.17, 15) is 9.46 Å². The fourth-order valence-electron chi connectivity index (χ4n) is 1.16. The number of rotatable bonds is 11. The Balaban J connectivity index is 0. The van der Waals surface area contributed by atoms with Gasteiger partial charge in [0.2, 0.25) is 0 Å². The van der Waals surface area contributed by atoms with E-state index in [-0.39, 0.29) is 19.8 Å². The molecule has 0 heterocycles. The van der Waals surface area contributed by atoms with Crippen LogP contribution in [0.4, 0.5) is 0 Å². The van der Waals surface area contributed by atoms with Gasteiger partial charge in [0, 0.05) is 6.61 Å². The third-order valence-electron chi connectivity index (χ3n) is 2.43. The maximum atomic E-state index is 10.1. The first-order chi connectivity index (χ1) is 10.0. The minimum atomic E-state index is -4.51. The molecule has 9 heteroatoms. The molecule has 0 amide bonds. The standard InChI is InChI=1S/C8H18O3.C5H14NO4P/c1-2-3-4-5-11-7-8(10)6-9;1-6(2,3)4-5-10-11(7,8)9/h8-10H,2-7H2,1H3;4-5H2,1-3H3,(H-,7,8,9)/t8-;/m0./s1. The molecule has 0 radical (unpaired) electrons. The fourth-order valence-corrected chi connectivity index (χ4v) is 1.47. The van der Waals surface area contributed by atoms with Crippen molar-refractivity contribution >= 4 is 7.82 Å². The minimum Gasteiger partial charge on any atom is -0.756 e. The molecular formula is C13H32NO7P. The first-order valence-electron chi connectivity index (χ1n) is 7.37. The van der Waals surface area contributed by atoms with Gasteiger partial charge in [0.05, 0.1) is 34.4 Å². The van der Waals surface area contributed by atoms with E-state index in [0.717, 1.165) is 12.8 Å². The Hall–Kier alpha value is -0.0500. The quantitative estimate of drug-likeness (QED) is 0.267. The molecule has 0 spiro atoms. The van der Waals surface area contributed by atoms with E-state index >= 15 is 0 Å². The molecule has 0 saturated carbocycles. The number of hydrogen-bond acceptors (Lipinski definition) is 6. The second-order valence-corrected chi connectivity index (χ2v) is 7.13. The van der Waals surface area contributed by atoms with Crippen LogP contribution >= 0.6 is 7.82 Å². The van der Waals surface area contributed by atoms with Crippen LogP contribution in [-0.4, -0.2) is 79.8 Å². The lowest BCUT2D eigenvalue weighted by molar-refractivity contribution is -0.870. The van der Waals surface area contributed by atoms with Gasteiger partial charge in [-0.1, -0.05) is 19.8 Å². The van der Waals surface area contributed by atoms with Crippen molar-refractivity contribution < 1.29 is 38.3 Å². The summed E-state index contributed by atoms with van der Waals surface area (Å²) in [6.07, 6.45) is 2.66. The second-order valence-electron chi connectivity index (χ2n) is 5.93. The van der Waals surface area contributed by atoms with Crippen LogP contribution in [0, 0.1) is 0 Å². The van der Waals surface area contributed by atoms with Crippen molar-refractivity contribution in [3.8, 4) is 0 Å². The van der Waals surface area contributed by atoms with Crippen molar-refractivity contribution in [1.82, 2.24) is 0 Å². The van der Waals surface area contributed by atoms with Crippen molar-refractivity contribution in [3.05, 3.63) is 0 Å². The van der Waals surface area contributed by atoms with Crippen LogP contribution < -0.4 is 4.89 Å². The summed E-state index contributed by atoms with van der Waals surface area (Å²) in [5.41, 5.74) is 0. The van der Waals surface area contributed by atoms with Gasteiger partial charge in [0.25, 0.3) is 7.82 Å². The molecule has 0 aromatic rings. The van der Waals surface area contributed by atoms with Crippen molar-refractivity contribution in [2.24, 2.45) is 0 Å². The summed E-state index contributed by atoms with van der Waals surface area (Å²) in [6.45, 7) is 3.40. The molecular weight excluding hydrogens is 313 g/mol. The van der Waals surface area contributed by atoms with Crippen LogP contribution in [0.15, 0.2) is 0 Å². The third-order valence-corrected chi connectivity index (χ3v) is 2.94. The zero-order valence-corrected chi connectivity index (χ0v) is 15.0. The van der Waals surface area contributed by atoms with Crippen molar-refractivity contribution in [1.29, 1.82) is 0 Å². The molecule has 0 saturated heterocycles. The first kappa shape index (κ1) is 24.2. The molecule has 1 unspecified atom stereocenters. The van der Waals surface area contributed by atoms with Gasteiger partial charge in [-0.25, -0.2) is 0 Å². The summed E-state index contributed by atoms with van der Waals surface area (Å²) >= 11 is 0. The van der Waals surface area contributed by atoms with E-state index in [4.69, 9.17) is 19.8 Å². The van der Waals surface area contributed by atoms with Gasteiger partial charge in [-0.15, -0.1) is 0 Å². The molecule has 2 atom stereocenters. The first-order valence-corrected chi connectivity index (χ1v) is 8.87. The molecule has 0 aliphatic rings. The molecule has 0 bridgehead atoms. The van der Waals surface area contributed by atoms with Gasteiger partial charge < -0.3 is 33.7 Å². The number of nitrogens with zero attached hydrogens (tertiary/aromatic N) is 1. The molecule has 0 aromatic carbocycles. The normalized spacial score (nSPS) is 15.6. The summed E-state index contributed by atoms with van der Waals surface area (Å²) in [6, 6.07) is 0. The van der Waals surface area contributed by atoms with Gasteiger partial charge in [-0.2, -0.15) is 0 Å². The second kappa shape index (κ2) is 13.4. The van der Waals surface area contributed by atoms with Crippen molar-refractivity contribution in [3.63, 3.8) is 0 Å².